The Morgan fingerprint density at radius 3 is 2.23 bits per heavy atom. The largest absolute Gasteiger partial charge is 0.463 e. The zero-order valence-corrected chi connectivity index (χ0v) is 24.0. The van der Waals surface area contributed by atoms with Gasteiger partial charge in [-0.2, -0.15) is 0 Å². The molecule has 9 heteroatoms. The van der Waals surface area contributed by atoms with Gasteiger partial charge in [0.25, 0.3) is 0 Å². The highest BCUT2D eigenvalue weighted by atomic mass is 32.1. The Balaban J connectivity index is 1.65. The smallest absolute Gasteiger partial charge is 0.303 e. The molecule has 212 valence electrons. The summed E-state index contributed by atoms with van der Waals surface area (Å²) in [6.07, 6.45) is -2.40. The summed E-state index contributed by atoms with van der Waals surface area (Å²) in [5, 5.41) is 0. The summed E-state index contributed by atoms with van der Waals surface area (Å²) in [4.78, 5) is 37.8. The van der Waals surface area contributed by atoms with Gasteiger partial charge in [-0.1, -0.05) is 37.3 Å². The maximum Gasteiger partial charge on any atom is 0.303 e. The van der Waals surface area contributed by atoms with E-state index in [0.717, 1.165) is 32.0 Å². The van der Waals surface area contributed by atoms with Gasteiger partial charge in [0.05, 0.1) is 6.10 Å². The minimum atomic E-state index is -0.896. The zero-order valence-electron chi connectivity index (χ0n) is 23.1. The molecule has 4 rings (SSSR count). The van der Waals surface area contributed by atoms with Crippen molar-refractivity contribution in [1.82, 2.24) is 0 Å². The fraction of sp³-hybridized carbons (Fsp3) is 0.387. The van der Waals surface area contributed by atoms with E-state index in [4.69, 9.17) is 18.9 Å². The zero-order chi connectivity index (χ0) is 29.0. The Labute approximate surface area is 237 Å². The standard InChI is InChI=1S/C31H33FO7S/c1-17-6-7-23(14-24(17)15-26-12-13-28(40-26)22-8-10-25(32)11-9-22)30-31(38-21(5)35)29(37-20(4)34)18(2)27(39-30)16-36-19(3)33/h6-14,18,27,29-31H,15-16H2,1-5H3/t18-,27-,29+,30+,31-/m1/s1. The lowest BCUT2D eigenvalue weighted by Gasteiger charge is -2.44. The molecule has 1 aliphatic heterocycles. The fourth-order valence-corrected chi connectivity index (χ4v) is 5.94. The molecule has 2 aromatic carbocycles. The molecule has 0 aliphatic carbocycles. The van der Waals surface area contributed by atoms with E-state index in [0.29, 0.717) is 6.42 Å². The Hall–Kier alpha value is -3.56. The van der Waals surface area contributed by atoms with E-state index in [1.54, 1.807) is 23.5 Å². The third-order valence-electron chi connectivity index (χ3n) is 6.96. The molecule has 5 atom stereocenters. The molecule has 1 fully saturated rings. The highest BCUT2D eigenvalue weighted by Crippen LogP contribution is 2.40. The summed E-state index contributed by atoms with van der Waals surface area (Å²) in [6.45, 7) is 7.71. The number of esters is 3. The van der Waals surface area contributed by atoms with Crippen LogP contribution in [0.5, 0.6) is 0 Å². The van der Waals surface area contributed by atoms with E-state index < -0.39 is 48.2 Å². The average molecular weight is 569 g/mol. The van der Waals surface area contributed by atoms with Crippen LogP contribution < -0.4 is 0 Å². The van der Waals surface area contributed by atoms with Crippen LogP contribution in [0.4, 0.5) is 4.39 Å². The van der Waals surface area contributed by atoms with Crippen molar-refractivity contribution in [3.63, 3.8) is 0 Å². The fourth-order valence-electron chi connectivity index (χ4n) is 4.91. The third kappa shape index (κ3) is 7.14. The number of hydrogen-bond acceptors (Lipinski definition) is 8. The number of rotatable bonds is 8. The van der Waals surface area contributed by atoms with Crippen LogP contribution in [0.3, 0.4) is 0 Å². The van der Waals surface area contributed by atoms with E-state index in [9.17, 15) is 18.8 Å². The lowest BCUT2D eigenvalue weighted by Crippen LogP contribution is -2.54. The molecule has 0 radical (unpaired) electrons. The van der Waals surface area contributed by atoms with Crippen LogP contribution >= 0.6 is 11.3 Å². The first kappa shape index (κ1) is 29.4. The van der Waals surface area contributed by atoms with Crippen LogP contribution in [0.25, 0.3) is 10.4 Å². The van der Waals surface area contributed by atoms with Gasteiger partial charge >= 0.3 is 17.9 Å². The predicted molar refractivity (Wildman–Crippen MR) is 148 cm³/mol. The number of aryl methyl sites for hydroxylation is 1. The molecule has 7 nitrogen and oxygen atoms in total. The monoisotopic (exact) mass is 568 g/mol. The Morgan fingerprint density at radius 1 is 0.900 bits per heavy atom. The van der Waals surface area contributed by atoms with Crippen molar-refractivity contribution in [2.75, 3.05) is 6.61 Å². The molecule has 0 saturated carbocycles. The first-order valence-electron chi connectivity index (χ1n) is 13.1. The van der Waals surface area contributed by atoms with E-state index in [1.165, 1.54) is 32.9 Å². The number of thiophene rings is 1. The second-order valence-corrected chi connectivity index (χ2v) is 11.2. The first-order valence-corrected chi connectivity index (χ1v) is 13.9. The van der Waals surface area contributed by atoms with Gasteiger partial charge in [-0.05, 0) is 53.4 Å². The lowest BCUT2D eigenvalue weighted by atomic mass is 9.84. The van der Waals surface area contributed by atoms with E-state index >= 15 is 0 Å². The maximum absolute atomic E-state index is 13.4. The topological polar surface area (TPSA) is 88.1 Å². The van der Waals surface area contributed by atoms with E-state index in [1.807, 2.05) is 38.1 Å². The van der Waals surface area contributed by atoms with Gasteiger partial charge in [-0.3, -0.25) is 14.4 Å². The van der Waals surface area contributed by atoms with Crippen molar-refractivity contribution < 1.29 is 37.7 Å². The highest BCUT2D eigenvalue weighted by molar-refractivity contribution is 7.15. The molecule has 0 bridgehead atoms. The number of carbonyl (C=O) groups is 3. The maximum atomic E-state index is 13.4. The quantitative estimate of drug-likeness (QED) is 0.245. The van der Waals surface area contributed by atoms with Crippen LogP contribution in [0.15, 0.2) is 54.6 Å². The van der Waals surface area contributed by atoms with E-state index in [2.05, 4.69) is 6.07 Å². The van der Waals surface area contributed by atoms with Crippen molar-refractivity contribution >= 4 is 29.2 Å². The molecule has 0 spiro atoms. The predicted octanol–water partition coefficient (Wildman–Crippen LogP) is 5.96. The number of ether oxygens (including phenoxy) is 4. The SMILES string of the molecule is CC(=O)OC[C@H]1O[C@@H](c2ccc(C)c(Cc3ccc(-c4ccc(F)cc4)s3)c2)[C@H](OC(C)=O)[C@@H](OC(C)=O)[C@@H]1C. The van der Waals surface area contributed by atoms with Crippen LogP contribution in [0, 0.1) is 18.7 Å². The van der Waals surface area contributed by atoms with Gasteiger partial charge in [-0.25, -0.2) is 4.39 Å². The third-order valence-corrected chi connectivity index (χ3v) is 8.09. The van der Waals surface area contributed by atoms with E-state index in [-0.39, 0.29) is 12.4 Å². The minimum Gasteiger partial charge on any atom is -0.463 e. The van der Waals surface area contributed by atoms with Crippen molar-refractivity contribution in [3.05, 3.63) is 82.0 Å². The van der Waals surface area contributed by atoms with Crippen LogP contribution in [-0.2, 0) is 39.8 Å². The average Bonchev–Trinajstić information content (AvgIpc) is 3.35. The molecule has 0 amide bonds. The molecular formula is C31H33FO7S. The molecule has 40 heavy (non-hydrogen) atoms. The van der Waals surface area contributed by atoms with Crippen molar-refractivity contribution in [2.24, 2.45) is 5.92 Å². The molecule has 1 aromatic heterocycles. The van der Waals surface area contributed by atoms with Crippen molar-refractivity contribution in [1.29, 1.82) is 0 Å². The summed E-state index contributed by atoms with van der Waals surface area (Å²) in [6, 6.07) is 16.4. The normalized spacial score (nSPS) is 22.4. The summed E-state index contributed by atoms with van der Waals surface area (Å²) in [7, 11) is 0. The molecule has 0 N–H and O–H groups in total. The second-order valence-electron chi connectivity index (χ2n) is 10.0. The molecule has 3 aromatic rings. The molecule has 0 unspecified atom stereocenters. The second kappa shape index (κ2) is 12.7. The van der Waals surface area contributed by atoms with Crippen molar-refractivity contribution in [3.8, 4) is 10.4 Å². The minimum absolute atomic E-state index is 0.0301. The van der Waals surface area contributed by atoms with Crippen molar-refractivity contribution in [2.45, 2.75) is 65.5 Å². The van der Waals surface area contributed by atoms with Crippen LogP contribution in [-0.4, -0.2) is 42.8 Å². The molecular weight excluding hydrogens is 535 g/mol. The van der Waals surface area contributed by atoms with Gasteiger partial charge in [0.1, 0.15) is 24.6 Å². The Bertz CT molecular complexity index is 1370. The summed E-state index contributed by atoms with van der Waals surface area (Å²) >= 11 is 1.63. The number of benzene rings is 2. The van der Waals surface area contributed by atoms with Gasteiger partial charge in [0.2, 0.25) is 0 Å². The molecule has 1 aliphatic rings. The summed E-state index contributed by atoms with van der Waals surface area (Å²) in [5.41, 5.74) is 3.82. The number of hydrogen-bond donors (Lipinski definition) is 0. The molecule has 1 saturated heterocycles. The van der Waals surface area contributed by atoms with Gasteiger partial charge < -0.3 is 18.9 Å². The summed E-state index contributed by atoms with van der Waals surface area (Å²) < 4.78 is 36.3. The Morgan fingerprint density at radius 2 is 1.57 bits per heavy atom. The summed E-state index contributed by atoms with van der Waals surface area (Å²) in [5.74, 6) is -2.18. The van der Waals surface area contributed by atoms with Gasteiger partial charge in [0.15, 0.2) is 6.10 Å². The number of halogens is 1. The van der Waals surface area contributed by atoms with Crippen LogP contribution in [0.1, 0.15) is 55.4 Å². The lowest BCUT2D eigenvalue weighted by molar-refractivity contribution is -0.232. The van der Waals surface area contributed by atoms with Gasteiger partial charge in [-0.15, -0.1) is 11.3 Å². The highest BCUT2D eigenvalue weighted by Gasteiger charge is 2.48. The Kier molecular flexibility index (Phi) is 9.37. The molecule has 2 heterocycles. The van der Waals surface area contributed by atoms with Gasteiger partial charge in [0, 0.05) is 42.9 Å². The number of carbonyl (C=O) groups excluding carboxylic acids is 3. The first-order chi connectivity index (χ1) is 19.0. The van der Waals surface area contributed by atoms with Crippen LogP contribution in [0.2, 0.25) is 0 Å².